The Bertz CT molecular complexity index is 1020. The van der Waals surface area contributed by atoms with Gasteiger partial charge in [0.05, 0.1) is 0 Å². The van der Waals surface area contributed by atoms with Crippen molar-refractivity contribution in [3.8, 4) is 0 Å². The van der Waals surface area contributed by atoms with Crippen LogP contribution < -0.4 is 0 Å². The van der Waals surface area contributed by atoms with Crippen LogP contribution in [-0.4, -0.2) is 37.2 Å². The van der Waals surface area contributed by atoms with Crippen molar-refractivity contribution in [2.75, 3.05) is 13.2 Å². The zero-order valence-electron chi connectivity index (χ0n) is 44.7. The van der Waals surface area contributed by atoms with Crippen molar-refractivity contribution in [3.05, 3.63) is 12.2 Å². The highest BCUT2D eigenvalue weighted by Crippen LogP contribution is 2.17. The van der Waals surface area contributed by atoms with E-state index in [0.29, 0.717) is 19.3 Å². The van der Waals surface area contributed by atoms with Gasteiger partial charge in [-0.05, 0) is 44.9 Å². The number of hydrogen-bond acceptors (Lipinski definition) is 6. The molecule has 0 radical (unpaired) electrons. The molecule has 0 saturated heterocycles. The van der Waals surface area contributed by atoms with Crippen LogP contribution in [0.1, 0.15) is 335 Å². The number of esters is 3. The summed E-state index contributed by atoms with van der Waals surface area (Å²) in [6, 6.07) is 0. The van der Waals surface area contributed by atoms with Gasteiger partial charge in [0, 0.05) is 19.3 Å². The third-order valence-corrected chi connectivity index (χ3v) is 13.5. The first kappa shape index (κ1) is 64.2. The van der Waals surface area contributed by atoms with Crippen LogP contribution >= 0.6 is 0 Å². The molecule has 390 valence electrons. The fraction of sp³-hybridized carbons (Fsp3) is 0.917. The molecule has 0 aliphatic heterocycles. The van der Waals surface area contributed by atoms with Gasteiger partial charge >= 0.3 is 17.9 Å². The lowest BCUT2D eigenvalue weighted by atomic mass is 10.0. The zero-order chi connectivity index (χ0) is 47.9. The topological polar surface area (TPSA) is 78.9 Å². The summed E-state index contributed by atoms with van der Waals surface area (Å²) in [4.78, 5) is 38.1. The second-order valence-corrected chi connectivity index (χ2v) is 20.3. The smallest absolute Gasteiger partial charge is 0.306 e. The summed E-state index contributed by atoms with van der Waals surface area (Å²) in [5.74, 6) is -0.842. The largest absolute Gasteiger partial charge is 0.462 e. The predicted octanol–water partition coefficient (Wildman–Crippen LogP) is 19.7. The van der Waals surface area contributed by atoms with E-state index in [2.05, 4.69) is 32.9 Å². The zero-order valence-corrected chi connectivity index (χ0v) is 44.7. The summed E-state index contributed by atoms with van der Waals surface area (Å²) in [5.41, 5.74) is 0. The molecule has 0 N–H and O–H groups in total. The standard InChI is InChI=1S/C60H114O6/c1-4-7-10-13-16-19-22-25-27-28-29-30-31-32-33-36-38-41-44-47-50-53-59(62)65-56-57(55-64-58(61)52-49-46-43-40-37-34-24-21-18-15-12-9-6-3)66-60(63)54-51-48-45-42-39-35-26-23-20-17-14-11-8-5-2/h28-29,57H,4-27,30-56H2,1-3H3/b29-28-. The molecule has 0 saturated carbocycles. The van der Waals surface area contributed by atoms with E-state index in [0.717, 1.165) is 57.8 Å². The molecule has 66 heavy (non-hydrogen) atoms. The minimum absolute atomic E-state index is 0.0644. The van der Waals surface area contributed by atoms with Crippen LogP contribution in [0.4, 0.5) is 0 Å². The second-order valence-electron chi connectivity index (χ2n) is 20.3. The van der Waals surface area contributed by atoms with Gasteiger partial charge in [-0.2, -0.15) is 0 Å². The number of allylic oxidation sites excluding steroid dienone is 2. The lowest BCUT2D eigenvalue weighted by molar-refractivity contribution is -0.167. The Morgan fingerprint density at radius 3 is 0.758 bits per heavy atom. The number of unbranched alkanes of at least 4 members (excludes halogenated alkanes) is 42. The molecule has 0 amide bonds. The molecule has 0 aliphatic rings. The molecule has 1 unspecified atom stereocenters. The van der Waals surface area contributed by atoms with Crippen LogP contribution in [0.5, 0.6) is 0 Å². The molecule has 0 spiro atoms. The van der Waals surface area contributed by atoms with Crippen molar-refractivity contribution in [2.24, 2.45) is 0 Å². The Morgan fingerprint density at radius 2 is 0.500 bits per heavy atom. The molecule has 6 heteroatoms. The van der Waals surface area contributed by atoms with Gasteiger partial charge in [-0.25, -0.2) is 0 Å². The van der Waals surface area contributed by atoms with Crippen LogP contribution in [0.3, 0.4) is 0 Å². The van der Waals surface area contributed by atoms with Crippen molar-refractivity contribution < 1.29 is 28.6 Å². The molecule has 0 aliphatic carbocycles. The molecule has 1 atom stereocenters. The Hall–Kier alpha value is -1.85. The van der Waals surface area contributed by atoms with Crippen LogP contribution in [0, 0.1) is 0 Å². The third kappa shape index (κ3) is 53.1. The molecular weight excluding hydrogens is 817 g/mol. The number of carbonyl (C=O) groups is 3. The molecule has 6 nitrogen and oxygen atoms in total. The molecule has 0 heterocycles. The molecular formula is C60H114O6. The highest BCUT2D eigenvalue weighted by atomic mass is 16.6. The molecule has 0 aromatic rings. The van der Waals surface area contributed by atoms with E-state index < -0.39 is 6.10 Å². The Balaban J connectivity index is 4.26. The van der Waals surface area contributed by atoms with Gasteiger partial charge in [0.15, 0.2) is 6.10 Å². The predicted molar refractivity (Wildman–Crippen MR) is 284 cm³/mol. The number of ether oxygens (including phenoxy) is 3. The van der Waals surface area contributed by atoms with Gasteiger partial charge in [0.2, 0.25) is 0 Å². The molecule has 0 aromatic carbocycles. The van der Waals surface area contributed by atoms with Gasteiger partial charge in [0.1, 0.15) is 13.2 Å². The normalized spacial score (nSPS) is 12.0. The maximum atomic E-state index is 12.8. The maximum absolute atomic E-state index is 12.8. The Labute approximate surface area is 411 Å². The van der Waals surface area contributed by atoms with E-state index in [1.165, 1.54) is 238 Å². The van der Waals surface area contributed by atoms with Gasteiger partial charge < -0.3 is 14.2 Å². The van der Waals surface area contributed by atoms with E-state index in [1.54, 1.807) is 0 Å². The Kier molecular flexibility index (Phi) is 54.2. The molecule has 0 aromatic heterocycles. The summed E-state index contributed by atoms with van der Waals surface area (Å²) in [7, 11) is 0. The maximum Gasteiger partial charge on any atom is 0.306 e. The minimum Gasteiger partial charge on any atom is -0.462 e. The number of hydrogen-bond donors (Lipinski definition) is 0. The summed E-state index contributed by atoms with van der Waals surface area (Å²) < 4.78 is 16.9. The summed E-state index contributed by atoms with van der Waals surface area (Å²) >= 11 is 0. The van der Waals surface area contributed by atoms with E-state index in [1.807, 2.05) is 0 Å². The van der Waals surface area contributed by atoms with Crippen molar-refractivity contribution in [2.45, 2.75) is 341 Å². The van der Waals surface area contributed by atoms with E-state index in [9.17, 15) is 14.4 Å². The fourth-order valence-electron chi connectivity index (χ4n) is 9.03. The van der Waals surface area contributed by atoms with Gasteiger partial charge in [0.25, 0.3) is 0 Å². The van der Waals surface area contributed by atoms with Gasteiger partial charge in [-0.3, -0.25) is 14.4 Å². The average Bonchev–Trinajstić information content (AvgIpc) is 3.31. The van der Waals surface area contributed by atoms with Gasteiger partial charge in [-0.1, -0.05) is 283 Å². The highest BCUT2D eigenvalue weighted by molar-refractivity contribution is 5.71. The lowest BCUT2D eigenvalue weighted by Gasteiger charge is -2.18. The van der Waals surface area contributed by atoms with Crippen LogP contribution in [0.25, 0.3) is 0 Å². The molecule has 0 fully saturated rings. The quantitative estimate of drug-likeness (QED) is 0.0262. The van der Waals surface area contributed by atoms with E-state index >= 15 is 0 Å². The lowest BCUT2D eigenvalue weighted by Crippen LogP contribution is -2.30. The Morgan fingerprint density at radius 1 is 0.288 bits per heavy atom. The van der Waals surface area contributed by atoms with Crippen LogP contribution in [-0.2, 0) is 28.6 Å². The summed E-state index contributed by atoms with van der Waals surface area (Å²) in [6.07, 6.45) is 63.5. The highest BCUT2D eigenvalue weighted by Gasteiger charge is 2.19. The molecule has 0 rings (SSSR count). The molecule has 0 bridgehead atoms. The third-order valence-electron chi connectivity index (χ3n) is 13.5. The van der Waals surface area contributed by atoms with Crippen LogP contribution in [0.15, 0.2) is 12.2 Å². The second kappa shape index (κ2) is 55.7. The van der Waals surface area contributed by atoms with Crippen LogP contribution in [0.2, 0.25) is 0 Å². The average molecular weight is 932 g/mol. The van der Waals surface area contributed by atoms with Crippen molar-refractivity contribution in [1.29, 1.82) is 0 Å². The fourth-order valence-corrected chi connectivity index (χ4v) is 9.03. The van der Waals surface area contributed by atoms with E-state index in [-0.39, 0.29) is 31.1 Å². The van der Waals surface area contributed by atoms with Crippen molar-refractivity contribution in [3.63, 3.8) is 0 Å². The van der Waals surface area contributed by atoms with Crippen molar-refractivity contribution in [1.82, 2.24) is 0 Å². The summed E-state index contributed by atoms with van der Waals surface area (Å²) in [6.45, 7) is 6.69. The first-order valence-electron chi connectivity index (χ1n) is 29.7. The SMILES string of the molecule is CCCCCCCCCC/C=C\CCCCCCCCCCCC(=O)OCC(COC(=O)CCCCCCCCCCCCCCC)OC(=O)CCCCCCCCCCCCCCCC. The summed E-state index contributed by atoms with van der Waals surface area (Å²) in [5, 5.41) is 0. The first-order valence-corrected chi connectivity index (χ1v) is 29.7. The number of rotatable bonds is 55. The van der Waals surface area contributed by atoms with E-state index in [4.69, 9.17) is 14.2 Å². The monoisotopic (exact) mass is 931 g/mol. The first-order chi connectivity index (χ1) is 32.5. The number of carbonyl (C=O) groups excluding carboxylic acids is 3. The minimum atomic E-state index is -0.764. The van der Waals surface area contributed by atoms with Crippen molar-refractivity contribution >= 4 is 17.9 Å². The van der Waals surface area contributed by atoms with Gasteiger partial charge in [-0.15, -0.1) is 0 Å².